The average molecular weight is 380 g/mol. The number of carbonyl (C=O) groups excluding carboxylic acids is 2. The maximum Gasteiger partial charge on any atom is 0.336 e. The van der Waals surface area contributed by atoms with Gasteiger partial charge in [-0.3, -0.25) is 4.79 Å². The fourth-order valence-electron chi connectivity index (χ4n) is 4.14. The summed E-state index contributed by atoms with van der Waals surface area (Å²) in [6.07, 6.45) is 0. The van der Waals surface area contributed by atoms with Crippen LogP contribution in [0, 0.1) is 5.92 Å². The zero-order valence-corrected chi connectivity index (χ0v) is 16.0. The van der Waals surface area contributed by atoms with Crippen LogP contribution in [-0.4, -0.2) is 49.9 Å². The first-order valence-electron chi connectivity index (χ1n) is 8.39. The van der Waals surface area contributed by atoms with Crippen LogP contribution in [0.25, 0.3) is 0 Å². The highest BCUT2D eigenvalue weighted by Crippen LogP contribution is 2.51. The summed E-state index contributed by atoms with van der Waals surface area (Å²) < 4.78 is 16.1. The van der Waals surface area contributed by atoms with Crippen LogP contribution in [0.1, 0.15) is 25.3 Å². The lowest BCUT2D eigenvalue weighted by Gasteiger charge is -2.48. The summed E-state index contributed by atoms with van der Waals surface area (Å²) in [5.41, 5.74) is 1.06. The number of hydrogen-bond donors (Lipinski definition) is 0. The zero-order chi connectivity index (χ0) is 19.1. The zero-order valence-electron chi connectivity index (χ0n) is 15.2. The number of ether oxygens (including phenoxy) is 3. The normalized spacial score (nSPS) is 28.0. The lowest BCUT2D eigenvalue weighted by Crippen LogP contribution is -2.57. The second-order valence-corrected chi connectivity index (χ2v) is 7.01. The van der Waals surface area contributed by atoms with Crippen molar-refractivity contribution in [1.82, 2.24) is 4.90 Å². The lowest BCUT2D eigenvalue weighted by molar-refractivity contribution is -0.171. The number of benzene rings is 1. The van der Waals surface area contributed by atoms with E-state index in [1.54, 1.807) is 12.1 Å². The number of halogens is 1. The van der Waals surface area contributed by atoms with E-state index in [0.29, 0.717) is 23.7 Å². The Morgan fingerprint density at radius 2 is 1.88 bits per heavy atom. The number of hydrogen-bond acceptors (Lipinski definition) is 6. The third-order valence-electron chi connectivity index (χ3n) is 5.35. The van der Waals surface area contributed by atoms with Gasteiger partial charge in [0.2, 0.25) is 0 Å². The number of methoxy groups -OCH3 is 2. The predicted octanol–water partition coefficient (Wildman–Crippen LogP) is 2.72. The second kappa shape index (κ2) is 6.93. The summed E-state index contributed by atoms with van der Waals surface area (Å²) in [4.78, 5) is 27.4. The van der Waals surface area contributed by atoms with Crippen molar-refractivity contribution in [3.05, 3.63) is 46.1 Å². The van der Waals surface area contributed by atoms with Crippen LogP contribution in [0.2, 0.25) is 5.02 Å². The van der Waals surface area contributed by atoms with Crippen LogP contribution >= 0.6 is 11.6 Å². The Morgan fingerprint density at radius 1 is 1.23 bits per heavy atom. The van der Waals surface area contributed by atoms with Crippen LogP contribution in [0.15, 0.2) is 35.5 Å². The summed E-state index contributed by atoms with van der Waals surface area (Å²) in [7, 11) is 2.68. The Hall–Kier alpha value is -2.05. The minimum absolute atomic E-state index is 0.437. The van der Waals surface area contributed by atoms with Gasteiger partial charge in [-0.1, -0.05) is 23.7 Å². The van der Waals surface area contributed by atoms with E-state index in [4.69, 9.17) is 25.8 Å². The summed E-state index contributed by atoms with van der Waals surface area (Å²) in [6.45, 7) is 4.77. The highest BCUT2D eigenvalue weighted by atomic mass is 35.5. The number of rotatable bonds is 3. The molecule has 7 heteroatoms. The van der Waals surface area contributed by atoms with E-state index < -0.39 is 29.5 Å². The topological polar surface area (TPSA) is 65.1 Å². The van der Waals surface area contributed by atoms with Crippen molar-refractivity contribution in [2.24, 2.45) is 5.92 Å². The van der Waals surface area contributed by atoms with Crippen LogP contribution in [0.5, 0.6) is 0 Å². The Bertz CT molecular complexity index is 760. The van der Waals surface area contributed by atoms with Crippen molar-refractivity contribution in [1.29, 1.82) is 0 Å². The lowest BCUT2D eigenvalue weighted by atomic mass is 9.71. The summed E-state index contributed by atoms with van der Waals surface area (Å²) in [5.74, 6) is -2.20. The van der Waals surface area contributed by atoms with E-state index in [0.717, 1.165) is 11.3 Å². The molecule has 0 radical (unpaired) electrons. The van der Waals surface area contributed by atoms with E-state index in [1.165, 1.54) is 14.2 Å². The fourth-order valence-corrected chi connectivity index (χ4v) is 4.27. The Balaban J connectivity index is 2.26. The predicted molar refractivity (Wildman–Crippen MR) is 95.5 cm³/mol. The van der Waals surface area contributed by atoms with Crippen LogP contribution < -0.4 is 0 Å². The molecule has 0 N–H and O–H groups in total. The van der Waals surface area contributed by atoms with Crippen LogP contribution in [-0.2, 0) is 23.8 Å². The number of nitrogens with zero attached hydrogens (tertiary/aromatic N) is 1. The molecule has 6 nitrogen and oxygen atoms in total. The first-order valence-corrected chi connectivity index (χ1v) is 8.77. The molecule has 3 atom stereocenters. The van der Waals surface area contributed by atoms with Gasteiger partial charge in [0.1, 0.15) is 5.92 Å². The van der Waals surface area contributed by atoms with Gasteiger partial charge >= 0.3 is 11.9 Å². The number of fused-ring (bicyclic) bond motifs is 1. The molecule has 2 aliphatic rings. The van der Waals surface area contributed by atoms with Crippen molar-refractivity contribution in [2.45, 2.75) is 25.5 Å². The van der Waals surface area contributed by atoms with E-state index in [-0.39, 0.29) is 0 Å². The molecule has 1 aromatic rings. The molecule has 0 spiro atoms. The van der Waals surface area contributed by atoms with Crippen LogP contribution in [0.4, 0.5) is 0 Å². The molecule has 0 amide bonds. The highest BCUT2D eigenvalue weighted by Gasteiger charge is 2.58. The van der Waals surface area contributed by atoms with Gasteiger partial charge in [-0.2, -0.15) is 0 Å². The molecule has 0 saturated carbocycles. The molecule has 2 aliphatic heterocycles. The molecular weight excluding hydrogens is 358 g/mol. The molecule has 0 unspecified atom stereocenters. The fraction of sp³-hybridized carbons (Fsp3) is 0.474. The minimum atomic E-state index is -0.904. The van der Waals surface area contributed by atoms with Crippen molar-refractivity contribution in [2.75, 3.05) is 27.4 Å². The van der Waals surface area contributed by atoms with E-state index in [2.05, 4.69) is 0 Å². The largest absolute Gasteiger partial charge is 0.469 e. The van der Waals surface area contributed by atoms with Crippen molar-refractivity contribution >= 4 is 23.5 Å². The number of esters is 2. The molecular formula is C19H22ClNO5. The van der Waals surface area contributed by atoms with Crippen molar-refractivity contribution in [3.63, 3.8) is 0 Å². The summed E-state index contributed by atoms with van der Waals surface area (Å²) in [6, 6.07) is 7.10. The van der Waals surface area contributed by atoms with Gasteiger partial charge < -0.3 is 19.1 Å². The van der Waals surface area contributed by atoms with Gasteiger partial charge in [0.05, 0.1) is 26.4 Å². The average Bonchev–Trinajstić information content (AvgIpc) is 3.03. The maximum atomic E-state index is 12.8. The van der Waals surface area contributed by atoms with Gasteiger partial charge in [-0.25, -0.2) is 4.79 Å². The van der Waals surface area contributed by atoms with Gasteiger partial charge in [-0.15, -0.1) is 0 Å². The van der Waals surface area contributed by atoms with Crippen LogP contribution in [0.3, 0.4) is 0 Å². The second-order valence-electron chi connectivity index (χ2n) is 6.58. The molecule has 26 heavy (non-hydrogen) atoms. The number of allylic oxidation sites excluding steroid dienone is 1. The summed E-state index contributed by atoms with van der Waals surface area (Å²) in [5, 5.41) is 0.574. The third kappa shape index (κ3) is 2.77. The Kier molecular flexibility index (Phi) is 4.99. The van der Waals surface area contributed by atoms with Gasteiger partial charge in [-0.05, 0) is 31.5 Å². The molecule has 1 fully saturated rings. The molecule has 1 saturated heterocycles. The molecule has 140 valence electrons. The molecule has 1 aromatic carbocycles. The molecule has 0 aliphatic carbocycles. The van der Waals surface area contributed by atoms with Gasteiger partial charge in [0.15, 0.2) is 5.72 Å². The molecule has 3 rings (SSSR count). The standard InChI is InChI=1S/C19H22ClNO5/c1-11-14(17(22)24-3)15(12-5-7-13(20)8-6-12)16(18(23)25-4)19(2)21(11)9-10-26-19/h5-8,15-16H,9-10H2,1-4H3/t15-,16-,19+/m1/s1. The highest BCUT2D eigenvalue weighted by molar-refractivity contribution is 6.30. The Labute approximate surface area is 157 Å². The van der Waals surface area contributed by atoms with E-state index in [9.17, 15) is 9.59 Å². The quantitative estimate of drug-likeness (QED) is 0.752. The monoisotopic (exact) mass is 379 g/mol. The number of carbonyl (C=O) groups is 2. The SMILES string of the molecule is COC(=O)C1=C(C)N2CCO[C@@]2(C)[C@@H](C(=O)OC)[C@@H]1c1ccc(Cl)cc1. The molecule has 2 heterocycles. The van der Waals surface area contributed by atoms with Crippen molar-refractivity contribution in [3.8, 4) is 0 Å². The Morgan fingerprint density at radius 3 is 2.46 bits per heavy atom. The van der Waals surface area contributed by atoms with E-state index >= 15 is 0 Å². The molecule has 0 aromatic heterocycles. The first kappa shape index (κ1) is 18.7. The minimum Gasteiger partial charge on any atom is -0.469 e. The molecule has 0 bridgehead atoms. The first-order chi connectivity index (χ1) is 12.3. The third-order valence-corrected chi connectivity index (χ3v) is 5.60. The maximum absolute atomic E-state index is 12.8. The van der Waals surface area contributed by atoms with Gasteiger partial charge in [0.25, 0.3) is 0 Å². The summed E-state index contributed by atoms with van der Waals surface area (Å²) >= 11 is 6.02. The van der Waals surface area contributed by atoms with Crippen molar-refractivity contribution < 1.29 is 23.8 Å². The van der Waals surface area contributed by atoms with Gasteiger partial charge in [0, 0.05) is 23.2 Å². The van der Waals surface area contributed by atoms with E-state index in [1.807, 2.05) is 30.9 Å². The smallest absolute Gasteiger partial charge is 0.336 e.